The molecule has 1 aromatic heterocycles. The van der Waals surface area contributed by atoms with Crippen LogP contribution in [0.1, 0.15) is 11.1 Å². The van der Waals surface area contributed by atoms with E-state index in [0.717, 1.165) is 22.3 Å². The number of pyridine rings is 1. The smallest absolute Gasteiger partial charge is 0.235 e. The molecule has 0 saturated heterocycles. The minimum Gasteiger partial charge on any atom is -0.398 e. The quantitative estimate of drug-likeness (QED) is 0.350. The fourth-order valence-electron chi connectivity index (χ4n) is 2.90. The fraction of sp³-hybridized carbons (Fsp3) is 0.125. The summed E-state index contributed by atoms with van der Waals surface area (Å²) >= 11 is 1.33. The maximum atomic E-state index is 12.3. The van der Waals surface area contributed by atoms with E-state index in [0.29, 0.717) is 23.7 Å². The number of hydrogen-bond donors (Lipinski definition) is 3. The molecular weight excluding hydrogens is 406 g/mol. The van der Waals surface area contributed by atoms with Crippen molar-refractivity contribution in [1.29, 1.82) is 0 Å². The predicted molar refractivity (Wildman–Crippen MR) is 131 cm³/mol. The summed E-state index contributed by atoms with van der Waals surface area (Å²) in [6.07, 6.45) is 6.94. The molecule has 0 spiro atoms. The summed E-state index contributed by atoms with van der Waals surface area (Å²) in [6, 6.07) is 19.7. The Morgan fingerprint density at radius 3 is 2.71 bits per heavy atom. The highest BCUT2D eigenvalue weighted by atomic mass is 32.2. The molecule has 0 aliphatic heterocycles. The van der Waals surface area contributed by atoms with Crippen LogP contribution in [-0.4, -0.2) is 29.9 Å². The van der Waals surface area contributed by atoms with Crippen LogP contribution >= 0.6 is 11.9 Å². The third-order valence-corrected chi connectivity index (χ3v) is 5.11. The molecule has 0 radical (unpaired) electrons. The van der Waals surface area contributed by atoms with Gasteiger partial charge in [-0.1, -0.05) is 54.4 Å². The maximum absolute atomic E-state index is 12.3. The first-order valence-corrected chi connectivity index (χ1v) is 10.8. The Kier molecular flexibility index (Phi) is 8.39. The second-order valence-electron chi connectivity index (χ2n) is 6.64. The Labute approximate surface area is 186 Å². The van der Waals surface area contributed by atoms with Crippen LogP contribution in [0.2, 0.25) is 0 Å². The van der Waals surface area contributed by atoms with Crippen LogP contribution in [0, 0.1) is 0 Å². The summed E-state index contributed by atoms with van der Waals surface area (Å²) in [6.45, 7) is 0.520. The lowest BCUT2D eigenvalue weighted by Crippen LogP contribution is -2.17. The number of aliphatic imine (C=N–C) groups is 1. The van der Waals surface area contributed by atoms with E-state index in [1.165, 1.54) is 11.9 Å². The number of carbonyl (C=O) groups is 1. The summed E-state index contributed by atoms with van der Waals surface area (Å²) in [4.78, 5) is 20.7. The minimum absolute atomic E-state index is 0.105. The van der Waals surface area contributed by atoms with Crippen molar-refractivity contribution in [1.82, 2.24) is 9.71 Å². The van der Waals surface area contributed by atoms with Crippen molar-refractivity contribution in [3.63, 3.8) is 0 Å². The molecule has 6 nitrogen and oxygen atoms in total. The van der Waals surface area contributed by atoms with Gasteiger partial charge in [0.05, 0.1) is 18.0 Å². The molecule has 3 aromatic rings. The topological polar surface area (TPSA) is 92.4 Å². The molecule has 0 aliphatic carbocycles. The lowest BCUT2D eigenvalue weighted by Gasteiger charge is -2.13. The average Bonchev–Trinajstić information content (AvgIpc) is 2.82. The number of aromatic nitrogens is 1. The van der Waals surface area contributed by atoms with Gasteiger partial charge in [0.15, 0.2) is 0 Å². The normalized spacial score (nSPS) is 11.6. The first-order valence-electron chi connectivity index (χ1n) is 9.80. The van der Waals surface area contributed by atoms with Crippen molar-refractivity contribution in [2.24, 2.45) is 10.7 Å². The van der Waals surface area contributed by atoms with Crippen LogP contribution in [0.5, 0.6) is 0 Å². The molecule has 0 fully saturated rings. The lowest BCUT2D eigenvalue weighted by atomic mass is 10.00. The van der Waals surface area contributed by atoms with Crippen LogP contribution in [0.15, 0.2) is 84.1 Å². The highest BCUT2D eigenvalue weighted by Crippen LogP contribution is 2.28. The Balaban J connectivity index is 1.85. The molecule has 1 amide bonds. The van der Waals surface area contributed by atoms with Crippen molar-refractivity contribution in [3.05, 3.63) is 90.3 Å². The third-order valence-electron chi connectivity index (χ3n) is 4.42. The summed E-state index contributed by atoms with van der Waals surface area (Å²) in [5.74, 6) is 0.193. The number of hydrogen-bond acceptors (Lipinski definition) is 6. The zero-order valence-electron chi connectivity index (χ0n) is 17.3. The van der Waals surface area contributed by atoms with Crippen LogP contribution < -0.4 is 15.8 Å². The van der Waals surface area contributed by atoms with E-state index >= 15 is 0 Å². The molecule has 0 saturated carbocycles. The Bertz CT molecular complexity index is 1050. The van der Waals surface area contributed by atoms with E-state index in [9.17, 15) is 4.79 Å². The Morgan fingerprint density at radius 2 is 1.97 bits per heavy atom. The fourth-order valence-corrected chi connectivity index (χ4v) is 3.25. The number of anilines is 1. The van der Waals surface area contributed by atoms with Gasteiger partial charge in [-0.2, -0.15) is 0 Å². The minimum atomic E-state index is -0.105. The average molecular weight is 432 g/mol. The molecule has 2 aromatic carbocycles. The van der Waals surface area contributed by atoms with E-state index in [1.54, 1.807) is 31.7 Å². The Morgan fingerprint density at radius 1 is 1.13 bits per heavy atom. The molecular formula is C24H25N5OS. The first-order chi connectivity index (χ1) is 15.2. The molecule has 0 atom stereocenters. The first kappa shape index (κ1) is 22.3. The van der Waals surface area contributed by atoms with E-state index in [-0.39, 0.29) is 5.91 Å². The lowest BCUT2D eigenvalue weighted by molar-refractivity contribution is -0.113. The number of benzene rings is 2. The van der Waals surface area contributed by atoms with Gasteiger partial charge in [-0.05, 0) is 48.0 Å². The molecule has 0 bridgehead atoms. The molecule has 0 unspecified atom stereocenters. The van der Waals surface area contributed by atoms with Crippen molar-refractivity contribution in [2.75, 3.05) is 18.1 Å². The van der Waals surface area contributed by atoms with E-state index < -0.39 is 0 Å². The maximum Gasteiger partial charge on any atom is 0.235 e. The van der Waals surface area contributed by atoms with E-state index in [2.05, 4.69) is 20.0 Å². The number of nitrogens with two attached hydrogens (primary N) is 1. The molecule has 4 N–H and O–H groups in total. The second kappa shape index (κ2) is 11.7. The van der Waals surface area contributed by atoms with Crippen molar-refractivity contribution in [2.45, 2.75) is 6.54 Å². The van der Waals surface area contributed by atoms with E-state index in [1.807, 2.05) is 60.7 Å². The third kappa shape index (κ3) is 6.80. The highest BCUT2D eigenvalue weighted by Gasteiger charge is 2.11. The summed E-state index contributed by atoms with van der Waals surface area (Å²) in [7, 11) is 1.78. The van der Waals surface area contributed by atoms with Gasteiger partial charge in [0.2, 0.25) is 5.91 Å². The predicted octanol–water partition coefficient (Wildman–Crippen LogP) is 4.13. The number of amides is 1. The molecule has 3 rings (SSSR count). The number of allylic oxidation sites excluding steroid dienone is 1. The van der Waals surface area contributed by atoms with E-state index in [4.69, 9.17) is 5.73 Å². The van der Waals surface area contributed by atoms with Gasteiger partial charge in [-0.3, -0.25) is 19.5 Å². The van der Waals surface area contributed by atoms with Gasteiger partial charge in [0.1, 0.15) is 0 Å². The van der Waals surface area contributed by atoms with Crippen LogP contribution in [-0.2, 0) is 11.3 Å². The zero-order valence-corrected chi connectivity index (χ0v) is 18.1. The molecule has 7 heteroatoms. The highest BCUT2D eigenvalue weighted by molar-refractivity contribution is 7.98. The van der Waals surface area contributed by atoms with Crippen LogP contribution in [0.3, 0.4) is 0 Å². The number of nitrogens with zero attached hydrogens (tertiary/aromatic N) is 2. The number of carbonyl (C=O) groups excluding carboxylic acids is 1. The summed E-state index contributed by atoms with van der Waals surface area (Å²) in [5.41, 5.74) is 11.4. The summed E-state index contributed by atoms with van der Waals surface area (Å²) in [5, 5.41) is 2.95. The largest absolute Gasteiger partial charge is 0.398 e. The van der Waals surface area contributed by atoms with Gasteiger partial charge in [-0.15, -0.1) is 0 Å². The summed E-state index contributed by atoms with van der Waals surface area (Å²) < 4.78 is 2.90. The van der Waals surface area contributed by atoms with Gasteiger partial charge in [0, 0.05) is 29.9 Å². The molecule has 158 valence electrons. The van der Waals surface area contributed by atoms with Gasteiger partial charge in [-0.25, -0.2) is 0 Å². The zero-order chi connectivity index (χ0) is 21.9. The standard InChI is InChI=1S/C24H25N5OS/c1-26-31-17-24(30)29-23-10-9-20(19-7-3-2-4-8-19)14-21(23)22(25)11-13-28-16-18-6-5-12-27-15-18/h2-15,26H,16-17,25H2,1H3,(H,29,30)/b22-11-,28-13?. The number of rotatable bonds is 9. The van der Waals surface area contributed by atoms with Crippen LogP contribution in [0.4, 0.5) is 5.69 Å². The van der Waals surface area contributed by atoms with Crippen molar-refractivity contribution >= 4 is 35.5 Å². The van der Waals surface area contributed by atoms with Crippen molar-refractivity contribution < 1.29 is 4.79 Å². The molecule has 0 aliphatic rings. The SMILES string of the molecule is CNSCC(=O)Nc1ccc(-c2ccccc2)cc1/C(N)=C/C=NCc1cccnc1. The Hall–Kier alpha value is -3.42. The molecule has 31 heavy (non-hydrogen) atoms. The van der Waals surface area contributed by atoms with Gasteiger partial charge >= 0.3 is 0 Å². The van der Waals surface area contributed by atoms with Crippen LogP contribution in [0.25, 0.3) is 16.8 Å². The monoisotopic (exact) mass is 431 g/mol. The number of nitrogens with one attached hydrogen (secondary N) is 2. The van der Waals surface area contributed by atoms with Gasteiger partial charge < -0.3 is 11.1 Å². The molecule has 1 heterocycles. The van der Waals surface area contributed by atoms with Gasteiger partial charge in [0.25, 0.3) is 0 Å². The second-order valence-corrected chi connectivity index (χ2v) is 7.63. The van der Waals surface area contributed by atoms with Crippen molar-refractivity contribution in [3.8, 4) is 11.1 Å².